The number of carbonyl (C=O) groups is 1. The Hall–Kier alpha value is -2.91. The van der Waals surface area contributed by atoms with E-state index in [1.54, 1.807) is 11.0 Å². The van der Waals surface area contributed by atoms with E-state index < -0.39 is 0 Å². The second kappa shape index (κ2) is 7.54. The van der Waals surface area contributed by atoms with Crippen molar-refractivity contribution in [2.24, 2.45) is 0 Å². The average Bonchev–Trinajstić information content (AvgIpc) is 3.41. The van der Waals surface area contributed by atoms with Crippen LogP contribution in [0.2, 0.25) is 0 Å². The van der Waals surface area contributed by atoms with Crippen LogP contribution in [0.1, 0.15) is 0 Å². The van der Waals surface area contributed by atoms with E-state index in [1.165, 1.54) is 23.1 Å². The molecule has 0 bridgehead atoms. The van der Waals surface area contributed by atoms with Crippen LogP contribution in [0.5, 0.6) is 0 Å². The van der Waals surface area contributed by atoms with Crippen molar-refractivity contribution in [3.8, 4) is 11.3 Å². The Bertz CT molecular complexity index is 993. The lowest BCUT2D eigenvalue weighted by Gasteiger charge is -2.06. The van der Waals surface area contributed by atoms with Crippen LogP contribution < -0.4 is 5.32 Å². The summed E-state index contributed by atoms with van der Waals surface area (Å²) < 4.78 is 3.61. The number of anilines is 1. The molecule has 7 nitrogen and oxygen atoms in total. The minimum absolute atomic E-state index is 0.133. The van der Waals surface area contributed by atoms with Gasteiger partial charge in [-0.15, -0.1) is 21.5 Å². The summed E-state index contributed by atoms with van der Waals surface area (Å²) in [7, 11) is 0. The molecule has 3 aromatic heterocycles. The Labute approximate surface area is 157 Å². The van der Waals surface area contributed by atoms with Crippen LogP contribution in [0, 0.1) is 0 Å². The summed E-state index contributed by atoms with van der Waals surface area (Å²) in [6, 6.07) is 13.7. The van der Waals surface area contributed by atoms with E-state index in [1.807, 2.05) is 64.9 Å². The fourth-order valence-corrected chi connectivity index (χ4v) is 3.75. The van der Waals surface area contributed by atoms with E-state index in [0.717, 1.165) is 11.3 Å². The quantitative estimate of drug-likeness (QED) is 0.518. The van der Waals surface area contributed by atoms with E-state index in [0.29, 0.717) is 10.3 Å². The number of nitrogens with one attached hydrogen (secondary N) is 1. The third kappa shape index (κ3) is 3.68. The second-order valence-corrected chi connectivity index (χ2v) is 7.06. The minimum atomic E-state index is -0.133. The predicted molar refractivity (Wildman–Crippen MR) is 102 cm³/mol. The summed E-state index contributed by atoms with van der Waals surface area (Å²) in [6.45, 7) is 0. The number of amides is 1. The fourth-order valence-electron chi connectivity index (χ4n) is 2.30. The molecule has 3 heterocycles. The van der Waals surface area contributed by atoms with Crippen molar-refractivity contribution >= 4 is 34.1 Å². The maximum atomic E-state index is 12.2. The van der Waals surface area contributed by atoms with Gasteiger partial charge in [0, 0.05) is 23.3 Å². The molecule has 0 radical (unpaired) electrons. The van der Waals surface area contributed by atoms with Gasteiger partial charge in [-0.3, -0.25) is 9.47 Å². The Balaban J connectivity index is 1.37. The van der Waals surface area contributed by atoms with Crippen LogP contribution >= 0.6 is 23.1 Å². The summed E-state index contributed by atoms with van der Waals surface area (Å²) in [5.41, 5.74) is 1.88. The molecular formula is C17H14N6OS2. The van der Waals surface area contributed by atoms with Crippen LogP contribution in [-0.4, -0.2) is 36.2 Å². The number of carbonyl (C=O) groups excluding carboxylic acids is 1. The minimum Gasteiger partial charge on any atom is -0.301 e. The number of thioether (sulfide) groups is 1. The first kappa shape index (κ1) is 16.6. The van der Waals surface area contributed by atoms with Gasteiger partial charge in [0.25, 0.3) is 0 Å². The molecule has 1 N–H and O–H groups in total. The van der Waals surface area contributed by atoms with Crippen molar-refractivity contribution in [1.82, 2.24) is 24.5 Å². The molecule has 26 heavy (non-hydrogen) atoms. The standard InChI is InChI=1S/C17H14N6OS2/c24-15(11-26-17-21-18-12-23(17)22-8-4-5-9-22)20-16-19-14(10-25-16)13-6-2-1-3-7-13/h1-10,12H,11H2,(H,19,20,24). The van der Waals surface area contributed by atoms with Crippen LogP contribution in [0.25, 0.3) is 11.3 Å². The molecule has 0 fully saturated rings. The first-order valence-electron chi connectivity index (χ1n) is 7.77. The van der Waals surface area contributed by atoms with Crippen LogP contribution in [0.3, 0.4) is 0 Å². The van der Waals surface area contributed by atoms with E-state index in [4.69, 9.17) is 0 Å². The highest BCUT2D eigenvalue weighted by atomic mass is 32.2. The van der Waals surface area contributed by atoms with Gasteiger partial charge in [0.05, 0.1) is 11.4 Å². The number of hydrogen-bond donors (Lipinski definition) is 1. The SMILES string of the molecule is O=C(CSc1nncn1-n1cccc1)Nc1nc(-c2ccccc2)cs1. The molecule has 0 spiro atoms. The largest absolute Gasteiger partial charge is 0.301 e. The first-order valence-corrected chi connectivity index (χ1v) is 9.63. The highest BCUT2D eigenvalue weighted by Crippen LogP contribution is 2.25. The summed E-state index contributed by atoms with van der Waals surface area (Å²) in [5.74, 6) is 0.0891. The van der Waals surface area contributed by atoms with Gasteiger partial charge in [0.2, 0.25) is 11.1 Å². The van der Waals surface area contributed by atoms with Crippen molar-refractivity contribution in [3.63, 3.8) is 0 Å². The number of thiazole rings is 1. The van der Waals surface area contributed by atoms with Crippen molar-refractivity contribution in [2.45, 2.75) is 5.16 Å². The zero-order chi connectivity index (χ0) is 17.8. The number of rotatable bonds is 6. The molecule has 1 aromatic carbocycles. The molecule has 4 rings (SSSR count). The molecule has 0 saturated heterocycles. The molecule has 1 amide bonds. The van der Waals surface area contributed by atoms with Crippen molar-refractivity contribution in [3.05, 3.63) is 66.6 Å². The zero-order valence-electron chi connectivity index (χ0n) is 13.5. The molecule has 0 unspecified atom stereocenters. The van der Waals surface area contributed by atoms with E-state index in [9.17, 15) is 4.79 Å². The smallest absolute Gasteiger partial charge is 0.236 e. The Kier molecular flexibility index (Phi) is 4.80. The first-order chi connectivity index (χ1) is 12.8. The van der Waals surface area contributed by atoms with Gasteiger partial charge in [-0.2, -0.15) is 0 Å². The molecule has 0 atom stereocenters. The molecule has 9 heteroatoms. The summed E-state index contributed by atoms with van der Waals surface area (Å²) in [4.78, 5) is 16.7. The predicted octanol–water partition coefficient (Wildman–Crippen LogP) is 3.25. The lowest BCUT2D eigenvalue weighted by Crippen LogP contribution is -2.15. The summed E-state index contributed by atoms with van der Waals surface area (Å²) in [6.07, 6.45) is 5.37. The summed E-state index contributed by atoms with van der Waals surface area (Å²) >= 11 is 2.72. The third-order valence-electron chi connectivity index (χ3n) is 3.49. The van der Waals surface area contributed by atoms with E-state index >= 15 is 0 Å². The maximum Gasteiger partial charge on any atom is 0.236 e. The Morgan fingerprint density at radius 1 is 1.15 bits per heavy atom. The topological polar surface area (TPSA) is 77.6 Å². The van der Waals surface area contributed by atoms with Crippen LogP contribution in [-0.2, 0) is 4.79 Å². The molecule has 4 aromatic rings. The van der Waals surface area contributed by atoms with Crippen molar-refractivity contribution in [2.75, 3.05) is 11.1 Å². The monoisotopic (exact) mass is 382 g/mol. The van der Waals surface area contributed by atoms with Gasteiger partial charge >= 0.3 is 0 Å². The van der Waals surface area contributed by atoms with E-state index in [2.05, 4.69) is 20.5 Å². The highest BCUT2D eigenvalue weighted by molar-refractivity contribution is 7.99. The van der Waals surface area contributed by atoms with Gasteiger partial charge in [-0.1, -0.05) is 42.1 Å². The number of benzene rings is 1. The molecule has 0 aliphatic heterocycles. The van der Waals surface area contributed by atoms with E-state index in [-0.39, 0.29) is 11.7 Å². The van der Waals surface area contributed by atoms with Gasteiger partial charge < -0.3 is 5.32 Å². The molecular weight excluding hydrogens is 368 g/mol. The van der Waals surface area contributed by atoms with Gasteiger partial charge in [-0.25, -0.2) is 9.66 Å². The average molecular weight is 382 g/mol. The van der Waals surface area contributed by atoms with Gasteiger partial charge in [0.15, 0.2) is 5.13 Å². The number of hydrogen-bond acceptors (Lipinski definition) is 6. The molecule has 130 valence electrons. The molecule has 0 aliphatic carbocycles. The van der Waals surface area contributed by atoms with Crippen LogP contribution in [0.15, 0.2) is 71.7 Å². The maximum absolute atomic E-state index is 12.2. The second-order valence-electron chi connectivity index (χ2n) is 5.26. The molecule has 0 saturated carbocycles. The number of aromatic nitrogens is 5. The van der Waals surface area contributed by atoms with Crippen LogP contribution in [0.4, 0.5) is 5.13 Å². The fraction of sp³-hybridized carbons (Fsp3) is 0.0588. The van der Waals surface area contributed by atoms with Crippen molar-refractivity contribution in [1.29, 1.82) is 0 Å². The normalized spacial score (nSPS) is 10.8. The van der Waals surface area contributed by atoms with Crippen molar-refractivity contribution < 1.29 is 4.79 Å². The zero-order valence-corrected chi connectivity index (χ0v) is 15.2. The Morgan fingerprint density at radius 3 is 2.77 bits per heavy atom. The lowest BCUT2D eigenvalue weighted by molar-refractivity contribution is -0.113. The highest BCUT2D eigenvalue weighted by Gasteiger charge is 2.12. The number of nitrogens with zero attached hydrogens (tertiary/aromatic N) is 5. The molecule has 0 aliphatic rings. The lowest BCUT2D eigenvalue weighted by atomic mass is 10.2. The third-order valence-corrected chi connectivity index (χ3v) is 5.18. The Morgan fingerprint density at radius 2 is 1.96 bits per heavy atom. The van der Waals surface area contributed by atoms with Gasteiger partial charge in [0.1, 0.15) is 6.33 Å². The summed E-state index contributed by atoms with van der Waals surface area (Å²) in [5, 5.41) is 14.0. The van der Waals surface area contributed by atoms with Gasteiger partial charge in [-0.05, 0) is 12.1 Å².